The summed E-state index contributed by atoms with van der Waals surface area (Å²) in [4.78, 5) is 20.8. The number of alkyl halides is 3. The van der Waals surface area contributed by atoms with Crippen LogP contribution >= 0.6 is 0 Å². The second kappa shape index (κ2) is 8.33. The van der Waals surface area contributed by atoms with E-state index in [4.69, 9.17) is 5.73 Å². The number of fused-ring (bicyclic) bond motifs is 3. The molecule has 0 radical (unpaired) electrons. The zero-order chi connectivity index (χ0) is 24.9. The Labute approximate surface area is 195 Å². The average Bonchev–Trinajstić information content (AvgIpc) is 3.38. The van der Waals surface area contributed by atoms with Gasteiger partial charge in [-0.05, 0) is 60.7 Å². The number of nitrogens with zero attached hydrogens (tertiary/aromatic N) is 3. The zero-order valence-electron chi connectivity index (χ0n) is 18.1. The van der Waals surface area contributed by atoms with Crippen LogP contribution < -0.4 is 11.1 Å². The lowest BCUT2D eigenvalue weighted by molar-refractivity contribution is -0.137. The molecule has 0 fully saturated rings. The predicted molar refractivity (Wildman–Crippen MR) is 119 cm³/mol. The van der Waals surface area contributed by atoms with Crippen molar-refractivity contribution in [2.45, 2.75) is 31.9 Å². The van der Waals surface area contributed by atoms with E-state index in [2.05, 4.69) is 15.3 Å². The van der Waals surface area contributed by atoms with Gasteiger partial charge in [0, 0.05) is 17.4 Å². The highest BCUT2D eigenvalue weighted by Crippen LogP contribution is 2.36. The molecule has 0 unspecified atom stereocenters. The minimum atomic E-state index is -4.68. The van der Waals surface area contributed by atoms with Crippen LogP contribution in [-0.4, -0.2) is 20.4 Å². The summed E-state index contributed by atoms with van der Waals surface area (Å²) in [6, 6.07) is 5.93. The fourth-order valence-electron chi connectivity index (χ4n) is 4.48. The predicted octanol–water partition coefficient (Wildman–Crippen LogP) is 4.97. The van der Waals surface area contributed by atoms with Crippen LogP contribution in [0, 0.1) is 11.6 Å². The number of anilines is 2. The number of hydrogen-bond donors (Lipinski definition) is 2. The molecule has 0 bridgehead atoms. The first-order valence-corrected chi connectivity index (χ1v) is 10.7. The lowest BCUT2D eigenvalue weighted by atomic mass is 10.1. The summed E-state index contributed by atoms with van der Waals surface area (Å²) in [6.45, 7) is 0. The molecule has 0 atom stereocenters. The molecule has 11 heteroatoms. The maximum absolute atomic E-state index is 15.0. The molecule has 0 saturated carbocycles. The van der Waals surface area contributed by atoms with E-state index in [9.17, 15) is 26.7 Å². The number of nitrogen functional groups attached to an aromatic ring is 1. The molecule has 6 nitrogen and oxygen atoms in total. The summed E-state index contributed by atoms with van der Waals surface area (Å²) in [5.74, 6) is -2.34. The van der Waals surface area contributed by atoms with Crippen molar-refractivity contribution in [1.29, 1.82) is 0 Å². The Bertz CT molecular complexity index is 1480. The molecule has 180 valence electrons. The molecule has 0 saturated heterocycles. The quantitative estimate of drug-likeness (QED) is 0.398. The standard InChI is InChI=1S/C24H18F5N5O/c25-16-6-4-13(24(27,28)29)8-12(16)9-20(35)33-18-7-5-14(10-17(18)26)34-19-3-1-2-15(19)21-22(34)23(30)32-11-31-21/h4-8,10-11H,1-3,9H2,(H,33,35)(H2,30,31,32). The van der Waals surface area contributed by atoms with Crippen LogP contribution in [-0.2, 0) is 30.2 Å². The number of nitrogens with two attached hydrogens (primary N) is 1. The van der Waals surface area contributed by atoms with E-state index >= 15 is 0 Å². The number of carbonyl (C=O) groups excluding carboxylic acids is 1. The molecule has 35 heavy (non-hydrogen) atoms. The monoisotopic (exact) mass is 487 g/mol. The maximum Gasteiger partial charge on any atom is 0.416 e. The normalized spacial score (nSPS) is 13.3. The number of nitrogens with one attached hydrogen (secondary N) is 1. The van der Waals surface area contributed by atoms with E-state index in [1.807, 2.05) is 0 Å². The maximum atomic E-state index is 15.0. The molecule has 2 heterocycles. The van der Waals surface area contributed by atoms with Gasteiger partial charge >= 0.3 is 6.18 Å². The summed E-state index contributed by atoms with van der Waals surface area (Å²) >= 11 is 0. The van der Waals surface area contributed by atoms with Crippen molar-refractivity contribution < 1.29 is 26.7 Å². The molecule has 0 aliphatic heterocycles. The number of carbonyl (C=O) groups is 1. The molecular weight excluding hydrogens is 469 g/mol. The van der Waals surface area contributed by atoms with Gasteiger partial charge in [0.2, 0.25) is 5.91 Å². The minimum Gasteiger partial charge on any atom is -0.382 e. The summed E-state index contributed by atoms with van der Waals surface area (Å²) in [5.41, 5.74) is 8.12. The zero-order valence-corrected chi connectivity index (χ0v) is 18.1. The van der Waals surface area contributed by atoms with Gasteiger partial charge in [0.1, 0.15) is 23.5 Å². The van der Waals surface area contributed by atoms with E-state index in [0.29, 0.717) is 34.9 Å². The van der Waals surface area contributed by atoms with Crippen molar-refractivity contribution in [2.75, 3.05) is 11.1 Å². The van der Waals surface area contributed by atoms with Crippen LogP contribution in [0.2, 0.25) is 0 Å². The van der Waals surface area contributed by atoms with Gasteiger partial charge in [0.05, 0.1) is 23.2 Å². The van der Waals surface area contributed by atoms with Gasteiger partial charge in [0.15, 0.2) is 5.82 Å². The number of amides is 1. The Morgan fingerprint density at radius 2 is 1.86 bits per heavy atom. The van der Waals surface area contributed by atoms with E-state index < -0.39 is 41.3 Å². The van der Waals surface area contributed by atoms with Crippen LogP contribution in [0.1, 0.15) is 28.8 Å². The Morgan fingerprint density at radius 1 is 1.06 bits per heavy atom. The highest BCUT2D eigenvalue weighted by molar-refractivity contribution is 5.93. The highest BCUT2D eigenvalue weighted by atomic mass is 19.4. The number of hydrogen-bond acceptors (Lipinski definition) is 4. The Morgan fingerprint density at radius 3 is 2.60 bits per heavy atom. The van der Waals surface area contributed by atoms with Crippen LogP contribution in [0.25, 0.3) is 16.7 Å². The summed E-state index contributed by atoms with van der Waals surface area (Å²) in [6.07, 6.45) is -1.50. The lowest BCUT2D eigenvalue weighted by Crippen LogP contribution is -2.17. The van der Waals surface area contributed by atoms with E-state index in [-0.39, 0.29) is 11.5 Å². The number of aromatic nitrogens is 3. The number of aryl methyl sites for hydroxylation is 1. The van der Waals surface area contributed by atoms with Crippen molar-refractivity contribution in [3.63, 3.8) is 0 Å². The molecule has 4 aromatic rings. The third-order valence-electron chi connectivity index (χ3n) is 6.03. The van der Waals surface area contributed by atoms with Gasteiger partial charge in [0.25, 0.3) is 0 Å². The largest absolute Gasteiger partial charge is 0.416 e. The van der Waals surface area contributed by atoms with Crippen LogP contribution in [0.4, 0.5) is 33.5 Å². The first kappa shape index (κ1) is 22.8. The summed E-state index contributed by atoms with van der Waals surface area (Å²) < 4.78 is 69.5. The fourth-order valence-corrected chi connectivity index (χ4v) is 4.48. The fraction of sp³-hybridized carbons (Fsp3) is 0.208. The third kappa shape index (κ3) is 4.07. The first-order valence-electron chi connectivity index (χ1n) is 10.7. The molecule has 0 spiro atoms. The van der Waals surface area contributed by atoms with Crippen LogP contribution in [0.15, 0.2) is 42.7 Å². The Balaban J connectivity index is 1.42. The number of benzene rings is 2. The van der Waals surface area contributed by atoms with E-state index in [1.54, 1.807) is 10.6 Å². The van der Waals surface area contributed by atoms with E-state index in [0.717, 1.165) is 30.5 Å². The van der Waals surface area contributed by atoms with Gasteiger partial charge < -0.3 is 15.6 Å². The SMILES string of the molecule is Nc1ncnc2c3c(n(-c4ccc(NC(=O)Cc5cc(C(F)(F)F)ccc5F)c(F)c4)c12)CCC3. The second-order valence-corrected chi connectivity index (χ2v) is 8.26. The molecule has 1 amide bonds. The second-order valence-electron chi connectivity index (χ2n) is 8.26. The highest BCUT2D eigenvalue weighted by Gasteiger charge is 2.31. The molecule has 1 aliphatic rings. The molecular formula is C24H18F5N5O. The van der Waals surface area contributed by atoms with E-state index in [1.165, 1.54) is 18.5 Å². The molecule has 1 aliphatic carbocycles. The topological polar surface area (TPSA) is 85.8 Å². The Hall–Kier alpha value is -4.02. The molecule has 2 aromatic carbocycles. The first-order chi connectivity index (χ1) is 16.6. The van der Waals surface area contributed by atoms with Gasteiger partial charge in [-0.25, -0.2) is 18.7 Å². The van der Waals surface area contributed by atoms with Gasteiger partial charge in [-0.3, -0.25) is 4.79 Å². The minimum absolute atomic E-state index is 0.191. The smallest absolute Gasteiger partial charge is 0.382 e. The third-order valence-corrected chi connectivity index (χ3v) is 6.03. The van der Waals surface area contributed by atoms with Gasteiger partial charge in [-0.2, -0.15) is 13.2 Å². The Kier molecular flexibility index (Phi) is 5.42. The van der Waals surface area contributed by atoms with Crippen molar-refractivity contribution >= 4 is 28.4 Å². The summed E-state index contributed by atoms with van der Waals surface area (Å²) in [5, 5.41) is 2.30. The van der Waals surface area contributed by atoms with Crippen molar-refractivity contribution in [1.82, 2.24) is 14.5 Å². The van der Waals surface area contributed by atoms with Gasteiger partial charge in [-0.1, -0.05) is 0 Å². The van der Waals surface area contributed by atoms with Crippen LogP contribution in [0.3, 0.4) is 0 Å². The van der Waals surface area contributed by atoms with Crippen LogP contribution in [0.5, 0.6) is 0 Å². The number of halogens is 5. The number of rotatable bonds is 4. The average molecular weight is 487 g/mol. The van der Waals surface area contributed by atoms with Crippen molar-refractivity contribution in [3.8, 4) is 5.69 Å². The molecule has 2 aromatic heterocycles. The van der Waals surface area contributed by atoms with Gasteiger partial charge in [-0.15, -0.1) is 0 Å². The molecule has 3 N–H and O–H groups in total. The summed E-state index contributed by atoms with van der Waals surface area (Å²) in [7, 11) is 0. The van der Waals surface area contributed by atoms with Crippen molar-refractivity contribution in [3.05, 3.63) is 76.7 Å². The lowest BCUT2D eigenvalue weighted by Gasteiger charge is -2.13. The molecule has 5 rings (SSSR count). The van der Waals surface area contributed by atoms with Crippen molar-refractivity contribution in [2.24, 2.45) is 0 Å².